The Morgan fingerprint density at radius 2 is 1.32 bits per heavy atom. The second-order valence-corrected chi connectivity index (χ2v) is 7.08. The van der Waals surface area contributed by atoms with Crippen molar-refractivity contribution >= 4 is 12.6 Å². The molecule has 2 rings (SSSR count). The summed E-state index contributed by atoms with van der Waals surface area (Å²) < 4.78 is 23.4. The molecule has 0 amide bonds. The molecule has 0 aromatic heterocycles. The molecule has 1 fully saturated rings. The average Bonchev–Trinajstić information content (AvgIpc) is 2.65. The molecule has 0 N–H and O–H groups in total. The molecule has 0 atom stereocenters. The van der Waals surface area contributed by atoms with Gasteiger partial charge in [0.2, 0.25) is 0 Å². The fraction of sp³-hybridized carbons (Fsp3) is 0.647. The van der Waals surface area contributed by atoms with Crippen LogP contribution in [-0.4, -0.2) is 32.5 Å². The van der Waals surface area contributed by atoms with Crippen LogP contribution in [0.1, 0.15) is 53.0 Å². The molecular formula is C17H27BO4. The minimum absolute atomic E-state index is 0.303. The maximum absolute atomic E-state index is 6.12. The van der Waals surface area contributed by atoms with Crippen molar-refractivity contribution in [3.63, 3.8) is 0 Å². The Hall–Kier alpha value is -1.20. The summed E-state index contributed by atoms with van der Waals surface area (Å²) in [6.45, 7) is 12.4. The van der Waals surface area contributed by atoms with Gasteiger partial charge in [-0.2, -0.15) is 0 Å². The summed E-state index contributed by atoms with van der Waals surface area (Å²) in [4.78, 5) is 0. The van der Waals surface area contributed by atoms with Gasteiger partial charge in [-0.05, 0) is 51.2 Å². The van der Waals surface area contributed by atoms with Crippen LogP contribution >= 0.6 is 0 Å². The summed E-state index contributed by atoms with van der Waals surface area (Å²) in [5.74, 6) is 1.91. The molecule has 1 aliphatic rings. The first kappa shape index (κ1) is 17.2. The van der Waals surface area contributed by atoms with Crippen molar-refractivity contribution in [1.29, 1.82) is 0 Å². The highest BCUT2D eigenvalue weighted by Gasteiger charge is 2.52. The smallest absolute Gasteiger partial charge is 0.495 e. The van der Waals surface area contributed by atoms with Gasteiger partial charge in [0, 0.05) is 5.56 Å². The number of ether oxygens (including phenoxy) is 2. The molecule has 1 aliphatic heterocycles. The number of rotatable bonds is 4. The second kappa shape index (κ2) is 5.78. The van der Waals surface area contributed by atoms with Crippen molar-refractivity contribution in [2.24, 2.45) is 0 Å². The van der Waals surface area contributed by atoms with E-state index in [-0.39, 0.29) is 11.2 Å². The first-order valence-corrected chi connectivity index (χ1v) is 7.74. The van der Waals surface area contributed by atoms with E-state index < -0.39 is 7.12 Å². The third kappa shape index (κ3) is 2.84. The van der Waals surface area contributed by atoms with Gasteiger partial charge in [0.05, 0.1) is 25.4 Å². The molecule has 0 unspecified atom stereocenters. The Morgan fingerprint density at radius 1 is 0.909 bits per heavy atom. The van der Waals surface area contributed by atoms with E-state index in [1.165, 1.54) is 0 Å². The molecule has 1 saturated heterocycles. The van der Waals surface area contributed by atoms with Gasteiger partial charge in [-0.3, -0.25) is 0 Å². The molecule has 0 bridgehead atoms. The molecule has 0 spiro atoms. The topological polar surface area (TPSA) is 36.9 Å². The van der Waals surface area contributed by atoms with Gasteiger partial charge < -0.3 is 18.8 Å². The van der Waals surface area contributed by atoms with Gasteiger partial charge in [-0.15, -0.1) is 0 Å². The van der Waals surface area contributed by atoms with E-state index in [0.29, 0.717) is 5.92 Å². The van der Waals surface area contributed by atoms with Gasteiger partial charge >= 0.3 is 7.12 Å². The zero-order valence-corrected chi connectivity index (χ0v) is 14.9. The van der Waals surface area contributed by atoms with E-state index >= 15 is 0 Å². The lowest BCUT2D eigenvalue weighted by Gasteiger charge is -2.32. The number of benzene rings is 1. The minimum atomic E-state index is -0.422. The molecule has 0 aliphatic carbocycles. The summed E-state index contributed by atoms with van der Waals surface area (Å²) in [6.07, 6.45) is 0. The highest BCUT2D eigenvalue weighted by atomic mass is 16.7. The molecular weight excluding hydrogens is 279 g/mol. The zero-order chi connectivity index (χ0) is 16.7. The predicted octanol–water partition coefficient (Wildman–Crippen LogP) is 3.13. The van der Waals surface area contributed by atoms with E-state index in [0.717, 1.165) is 22.5 Å². The van der Waals surface area contributed by atoms with Gasteiger partial charge in [-0.25, -0.2) is 0 Å². The van der Waals surface area contributed by atoms with E-state index in [1.54, 1.807) is 14.2 Å². The minimum Gasteiger partial charge on any atom is -0.496 e. The van der Waals surface area contributed by atoms with E-state index in [9.17, 15) is 0 Å². The van der Waals surface area contributed by atoms with E-state index in [4.69, 9.17) is 18.8 Å². The third-order valence-corrected chi connectivity index (χ3v) is 4.67. The quantitative estimate of drug-likeness (QED) is 0.801. The molecule has 0 saturated carbocycles. The second-order valence-electron chi connectivity index (χ2n) is 7.08. The van der Waals surface area contributed by atoms with E-state index in [2.05, 4.69) is 13.8 Å². The van der Waals surface area contributed by atoms with Gasteiger partial charge in [0.25, 0.3) is 0 Å². The van der Waals surface area contributed by atoms with Crippen LogP contribution in [0.5, 0.6) is 11.5 Å². The SMILES string of the molecule is COc1cc(B2OC(C)(C)C(C)(C)O2)cc(OC)c1C(C)C. The Bertz CT molecular complexity index is 511. The van der Waals surface area contributed by atoms with Crippen LogP contribution in [0.4, 0.5) is 0 Å². The van der Waals surface area contributed by atoms with Gasteiger partial charge in [0.1, 0.15) is 11.5 Å². The summed E-state index contributed by atoms with van der Waals surface area (Å²) >= 11 is 0. The molecule has 1 heterocycles. The fourth-order valence-corrected chi connectivity index (χ4v) is 2.64. The maximum Gasteiger partial charge on any atom is 0.495 e. The Kier molecular flexibility index (Phi) is 4.51. The normalized spacial score (nSPS) is 19.6. The third-order valence-electron chi connectivity index (χ3n) is 4.67. The van der Waals surface area contributed by atoms with Crippen LogP contribution in [0.15, 0.2) is 12.1 Å². The molecule has 5 heteroatoms. The lowest BCUT2D eigenvalue weighted by molar-refractivity contribution is 0.00578. The lowest BCUT2D eigenvalue weighted by Crippen LogP contribution is -2.41. The molecule has 0 radical (unpaired) electrons. The monoisotopic (exact) mass is 306 g/mol. The molecule has 122 valence electrons. The Labute approximate surface area is 134 Å². The van der Waals surface area contributed by atoms with Crippen LogP contribution in [0.3, 0.4) is 0 Å². The molecule has 4 nitrogen and oxygen atoms in total. The van der Waals surface area contributed by atoms with Crippen LogP contribution < -0.4 is 14.9 Å². The van der Waals surface area contributed by atoms with E-state index in [1.807, 2.05) is 39.8 Å². The van der Waals surface area contributed by atoms with Gasteiger partial charge in [-0.1, -0.05) is 13.8 Å². The summed E-state index contributed by atoms with van der Waals surface area (Å²) in [7, 11) is 2.93. The number of hydrogen-bond donors (Lipinski definition) is 0. The van der Waals surface area contributed by atoms with Crippen LogP contribution in [-0.2, 0) is 9.31 Å². The average molecular weight is 306 g/mol. The Balaban J connectivity index is 2.46. The maximum atomic E-state index is 6.12. The van der Waals surface area contributed by atoms with Crippen molar-refractivity contribution in [3.05, 3.63) is 17.7 Å². The molecule has 1 aromatic rings. The van der Waals surface area contributed by atoms with Crippen molar-refractivity contribution in [2.75, 3.05) is 14.2 Å². The van der Waals surface area contributed by atoms with Gasteiger partial charge in [0.15, 0.2) is 0 Å². The number of hydrogen-bond acceptors (Lipinski definition) is 4. The largest absolute Gasteiger partial charge is 0.496 e. The molecule has 22 heavy (non-hydrogen) atoms. The highest BCUT2D eigenvalue weighted by molar-refractivity contribution is 6.62. The Morgan fingerprint density at radius 3 is 1.64 bits per heavy atom. The predicted molar refractivity (Wildman–Crippen MR) is 89.4 cm³/mol. The first-order chi connectivity index (χ1) is 10.1. The summed E-state index contributed by atoms with van der Waals surface area (Å²) in [5, 5.41) is 0. The fourth-order valence-electron chi connectivity index (χ4n) is 2.64. The summed E-state index contributed by atoms with van der Waals surface area (Å²) in [5.41, 5.74) is 1.24. The van der Waals surface area contributed by atoms with Crippen molar-refractivity contribution in [1.82, 2.24) is 0 Å². The van der Waals surface area contributed by atoms with Crippen molar-refractivity contribution in [2.45, 2.75) is 58.7 Å². The standard InChI is InChI=1S/C17H27BO4/c1-11(2)15-13(19-7)9-12(10-14(15)20-8)18-21-16(3,4)17(5,6)22-18/h9-11H,1-8H3. The molecule has 1 aromatic carbocycles. The van der Waals surface area contributed by atoms with Crippen molar-refractivity contribution in [3.8, 4) is 11.5 Å². The first-order valence-electron chi connectivity index (χ1n) is 7.74. The summed E-state index contributed by atoms with van der Waals surface area (Å²) in [6, 6.07) is 3.97. The zero-order valence-electron chi connectivity index (χ0n) is 14.9. The van der Waals surface area contributed by atoms with Crippen LogP contribution in [0, 0.1) is 0 Å². The highest BCUT2D eigenvalue weighted by Crippen LogP contribution is 2.39. The number of methoxy groups -OCH3 is 2. The lowest BCUT2D eigenvalue weighted by atomic mass is 9.77. The van der Waals surface area contributed by atoms with Crippen LogP contribution in [0.2, 0.25) is 0 Å². The van der Waals surface area contributed by atoms with Crippen molar-refractivity contribution < 1.29 is 18.8 Å². The van der Waals surface area contributed by atoms with Crippen LogP contribution in [0.25, 0.3) is 0 Å².